The summed E-state index contributed by atoms with van der Waals surface area (Å²) in [5, 5.41) is 13.7. The molecule has 0 saturated carbocycles. The van der Waals surface area contributed by atoms with E-state index >= 15 is 0 Å². The van der Waals surface area contributed by atoms with Crippen LogP contribution in [-0.4, -0.2) is 38.4 Å². The number of carboxylic acids is 1. The second kappa shape index (κ2) is 7.20. The van der Waals surface area contributed by atoms with E-state index in [2.05, 4.69) is 10.1 Å². The van der Waals surface area contributed by atoms with E-state index in [1.165, 1.54) is 0 Å². The van der Waals surface area contributed by atoms with Crippen molar-refractivity contribution in [1.82, 2.24) is 9.38 Å². The molecule has 138 valence electrons. The summed E-state index contributed by atoms with van der Waals surface area (Å²) in [6.07, 6.45) is 5.98. The first-order valence-corrected chi connectivity index (χ1v) is 8.66. The van der Waals surface area contributed by atoms with Crippen molar-refractivity contribution in [2.24, 2.45) is 5.16 Å². The Balaban J connectivity index is 1.38. The number of hydrogen-bond acceptors (Lipinski definition) is 5. The van der Waals surface area contributed by atoms with Crippen molar-refractivity contribution < 1.29 is 19.5 Å². The molecule has 7 heteroatoms. The first kappa shape index (κ1) is 17.2. The molecule has 0 spiro atoms. The van der Waals surface area contributed by atoms with Crippen LogP contribution in [0.2, 0.25) is 0 Å². The smallest absolute Gasteiger partial charge is 0.351 e. The number of benzene rings is 1. The molecule has 0 radical (unpaired) electrons. The Kier molecular flexibility index (Phi) is 4.60. The zero-order valence-corrected chi connectivity index (χ0v) is 14.6. The highest BCUT2D eigenvalue weighted by Gasteiger charge is 2.46. The Morgan fingerprint density at radius 3 is 2.85 bits per heavy atom. The summed E-state index contributed by atoms with van der Waals surface area (Å²) >= 11 is 0. The van der Waals surface area contributed by atoms with Crippen molar-refractivity contribution in [3.63, 3.8) is 0 Å². The predicted octanol–water partition coefficient (Wildman–Crippen LogP) is 2.69. The number of rotatable bonds is 7. The molecule has 1 aliphatic rings. The molecule has 2 aromatic heterocycles. The summed E-state index contributed by atoms with van der Waals surface area (Å²) in [6, 6.07) is 13.3. The van der Waals surface area contributed by atoms with Crippen molar-refractivity contribution in [3.8, 4) is 0 Å². The Morgan fingerprint density at radius 2 is 2.04 bits per heavy atom. The lowest BCUT2D eigenvalue weighted by Crippen LogP contribution is -2.41. The highest BCUT2D eigenvalue weighted by Crippen LogP contribution is 2.29. The van der Waals surface area contributed by atoms with Gasteiger partial charge in [0.15, 0.2) is 0 Å². The van der Waals surface area contributed by atoms with Crippen LogP contribution in [-0.2, 0) is 27.4 Å². The first-order chi connectivity index (χ1) is 13.2. The molecule has 1 aromatic carbocycles. The molecule has 0 saturated heterocycles. The third-order valence-electron chi connectivity index (χ3n) is 4.59. The van der Waals surface area contributed by atoms with Crippen LogP contribution in [0.1, 0.15) is 17.5 Å². The van der Waals surface area contributed by atoms with Gasteiger partial charge in [0.1, 0.15) is 5.65 Å². The first-order valence-electron chi connectivity index (χ1n) is 8.66. The van der Waals surface area contributed by atoms with Gasteiger partial charge in [-0.1, -0.05) is 41.6 Å². The highest BCUT2D eigenvalue weighted by molar-refractivity contribution is 5.94. The van der Waals surface area contributed by atoms with Gasteiger partial charge in [0.2, 0.25) is 5.60 Å². The largest absolute Gasteiger partial charge is 0.478 e. The second-order valence-corrected chi connectivity index (χ2v) is 6.57. The Morgan fingerprint density at radius 1 is 1.19 bits per heavy atom. The number of ether oxygens (including phenoxy) is 1. The SMILES string of the molecule is O=C(O)C1(Cc2ccccc2)CC(COCc2cccn3ccnc23)=NO1. The van der Waals surface area contributed by atoms with Crippen molar-refractivity contribution in [1.29, 1.82) is 0 Å². The average Bonchev–Trinajstić information content (AvgIpc) is 3.31. The third-order valence-corrected chi connectivity index (χ3v) is 4.59. The van der Waals surface area contributed by atoms with E-state index in [4.69, 9.17) is 9.57 Å². The van der Waals surface area contributed by atoms with Crippen molar-refractivity contribution >= 4 is 17.3 Å². The number of aromatic nitrogens is 2. The normalized spacial score (nSPS) is 19.0. The maximum Gasteiger partial charge on any atom is 0.351 e. The maximum absolute atomic E-state index is 11.8. The molecule has 1 atom stereocenters. The van der Waals surface area contributed by atoms with Crippen LogP contribution in [0.4, 0.5) is 0 Å². The summed E-state index contributed by atoms with van der Waals surface area (Å²) in [6.45, 7) is 0.574. The van der Waals surface area contributed by atoms with E-state index in [0.29, 0.717) is 12.3 Å². The van der Waals surface area contributed by atoms with E-state index in [9.17, 15) is 9.90 Å². The standard InChI is InChI=1S/C20H19N3O4/c24-19(25)20(11-15-5-2-1-3-6-15)12-17(22-27-20)14-26-13-16-7-4-9-23-10-8-21-18(16)23/h1-10H,11-14H2,(H,24,25). The number of nitrogens with zero attached hydrogens (tertiary/aromatic N) is 3. The van der Waals surface area contributed by atoms with E-state index in [-0.39, 0.29) is 19.4 Å². The van der Waals surface area contributed by atoms with Gasteiger partial charge in [-0.2, -0.15) is 0 Å². The van der Waals surface area contributed by atoms with Crippen molar-refractivity contribution in [2.45, 2.75) is 25.0 Å². The monoisotopic (exact) mass is 365 g/mol. The number of fused-ring (bicyclic) bond motifs is 1. The van der Waals surface area contributed by atoms with E-state index < -0.39 is 11.6 Å². The topological polar surface area (TPSA) is 85.4 Å². The molecule has 0 fully saturated rings. The van der Waals surface area contributed by atoms with E-state index in [1.807, 2.05) is 59.3 Å². The summed E-state index contributed by atoms with van der Waals surface area (Å²) in [7, 11) is 0. The minimum absolute atomic E-state index is 0.199. The minimum Gasteiger partial charge on any atom is -0.478 e. The fraction of sp³-hybridized carbons (Fsp3) is 0.250. The molecule has 1 aliphatic heterocycles. The van der Waals surface area contributed by atoms with Gasteiger partial charge < -0.3 is 19.1 Å². The molecule has 4 rings (SSSR count). The molecular formula is C20H19N3O4. The van der Waals surface area contributed by atoms with Gasteiger partial charge in [0.05, 0.1) is 18.9 Å². The zero-order chi connectivity index (χ0) is 18.7. The lowest BCUT2D eigenvalue weighted by Gasteiger charge is -2.21. The number of oxime groups is 1. The molecule has 7 nitrogen and oxygen atoms in total. The molecule has 3 heterocycles. The molecule has 1 unspecified atom stereocenters. The minimum atomic E-state index is -1.37. The quantitative estimate of drug-likeness (QED) is 0.696. The number of carboxylic acid groups (broad SMARTS) is 1. The Hall–Kier alpha value is -3.19. The van der Waals surface area contributed by atoms with Crippen molar-refractivity contribution in [2.75, 3.05) is 6.61 Å². The van der Waals surface area contributed by atoms with Crippen LogP contribution in [0.5, 0.6) is 0 Å². The van der Waals surface area contributed by atoms with Gasteiger partial charge in [0, 0.05) is 37.0 Å². The summed E-state index contributed by atoms with van der Waals surface area (Å²) in [5.41, 5.74) is 1.90. The Bertz CT molecular complexity index is 983. The lowest BCUT2D eigenvalue weighted by molar-refractivity contribution is -0.162. The fourth-order valence-corrected chi connectivity index (χ4v) is 3.23. The van der Waals surface area contributed by atoms with Gasteiger partial charge in [-0.05, 0) is 11.6 Å². The molecule has 3 aromatic rings. The van der Waals surface area contributed by atoms with Crippen LogP contribution in [0.3, 0.4) is 0 Å². The molecule has 0 amide bonds. The van der Waals surface area contributed by atoms with Crippen LogP contribution in [0.25, 0.3) is 5.65 Å². The zero-order valence-electron chi connectivity index (χ0n) is 14.6. The van der Waals surface area contributed by atoms with Crippen molar-refractivity contribution in [3.05, 3.63) is 72.2 Å². The van der Waals surface area contributed by atoms with E-state index in [1.54, 1.807) is 6.20 Å². The third kappa shape index (κ3) is 3.54. The molecule has 27 heavy (non-hydrogen) atoms. The number of pyridine rings is 1. The van der Waals surface area contributed by atoms with Crippen LogP contribution in [0.15, 0.2) is 66.2 Å². The van der Waals surface area contributed by atoms with Crippen LogP contribution >= 0.6 is 0 Å². The van der Waals surface area contributed by atoms with Gasteiger partial charge in [-0.15, -0.1) is 0 Å². The summed E-state index contributed by atoms with van der Waals surface area (Å²) in [5.74, 6) is -1.02. The van der Waals surface area contributed by atoms with Gasteiger partial charge in [-0.3, -0.25) is 0 Å². The highest BCUT2D eigenvalue weighted by atomic mass is 16.7. The number of carbonyl (C=O) groups is 1. The fourth-order valence-electron chi connectivity index (χ4n) is 3.23. The molecule has 1 N–H and O–H groups in total. The van der Waals surface area contributed by atoms with Gasteiger partial charge >= 0.3 is 5.97 Å². The average molecular weight is 365 g/mol. The Labute approximate surface area is 155 Å². The lowest BCUT2D eigenvalue weighted by atomic mass is 9.90. The van der Waals surface area contributed by atoms with Crippen LogP contribution in [0, 0.1) is 0 Å². The number of aliphatic carboxylic acids is 1. The second-order valence-electron chi connectivity index (χ2n) is 6.57. The van der Waals surface area contributed by atoms with Gasteiger partial charge in [-0.25, -0.2) is 9.78 Å². The molecular weight excluding hydrogens is 346 g/mol. The number of hydrogen-bond donors (Lipinski definition) is 1. The molecule has 0 bridgehead atoms. The molecule has 0 aliphatic carbocycles. The number of imidazole rings is 1. The predicted molar refractivity (Wildman–Crippen MR) is 98.5 cm³/mol. The van der Waals surface area contributed by atoms with Crippen LogP contribution < -0.4 is 0 Å². The van der Waals surface area contributed by atoms with Gasteiger partial charge in [0.25, 0.3) is 0 Å². The van der Waals surface area contributed by atoms with E-state index in [0.717, 1.165) is 16.8 Å². The summed E-state index contributed by atoms with van der Waals surface area (Å²) < 4.78 is 7.67. The summed E-state index contributed by atoms with van der Waals surface area (Å²) in [4.78, 5) is 21.5. The maximum atomic E-state index is 11.8.